The van der Waals surface area contributed by atoms with Gasteiger partial charge in [-0.2, -0.15) is 0 Å². The van der Waals surface area contributed by atoms with Gasteiger partial charge >= 0.3 is 0 Å². The van der Waals surface area contributed by atoms with Gasteiger partial charge in [-0.15, -0.1) is 0 Å². The Morgan fingerprint density at radius 2 is 1.79 bits per heavy atom. The summed E-state index contributed by atoms with van der Waals surface area (Å²) in [4.78, 5) is 12.0. The van der Waals surface area contributed by atoms with Gasteiger partial charge in [0.15, 0.2) is 0 Å². The maximum atomic E-state index is 12.0. The quantitative estimate of drug-likeness (QED) is 0.785. The van der Waals surface area contributed by atoms with Crippen LogP contribution in [0.15, 0.2) is 0 Å². The second kappa shape index (κ2) is 5.83. The van der Waals surface area contributed by atoms with Crippen molar-refractivity contribution in [2.45, 2.75) is 78.6 Å². The minimum Gasteiger partial charge on any atom is -0.396 e. The van der Waals surface area contributed by atoms with Gasteiger partial charge in [-0.25, -0.2) is 0 Å². The third-order valence-corrected chi connectivity index (χ3v) is 9.53. The molecule has 2 heteroatoms. The van der Waals surface area contributed by atoms with Crippen molar-refractivity contribution in [3.63, 3.8) is 0 Å². The molecule has 0 spiro atoms. The monoisotopic (exact) mass is 332 g/mol. The first kappa shape index (κ1) is 17.1. The van der Waals surface area contributed by atoms with Gasteiger partial charge in [0.2, 0.25) is 0 Å². The molecule has 0 aliphatic heterocycles. The smallest absolute Gasteiger partial charge is 0.133 e. The molecule has 136 valence electrons. The van der Waals surface area contributed by atoms with Crippen LogP contribution in [0.1, 0.15) is 78.6 Å². The van der Waals surface area contributed by atoms with E-state index in [2.05, 4.69) is 20.8 Å². The number of rotatable bonds is 2. The molecule has 0 aromatic carbocycles. The minimum atomic E-state index is 0.350. The van der Waals surface area contributed by atoms with Crippen LogP contribution in [-0.2, 0) is 4.79 Å². The molecule has 4 rings (SSSR count). The number of aliphatic hydroxyl groups excluding tert-OH is 1. The van der Waals surface area contributed by atoms with Crippen molar-refractivity contribution >= 4 is 5.78 Å². The SMILES string of the molecule is C[C@H](CO)[C@H]1CCC2[C@@H]3CC[C@@H]4CC(=O)CC[C@]4(C)C3CC[C@@]21C. The van der Waals surface area contributed by atoms with Gasteiger partial charge in [0.05, 0.1) is 0 Å². The molecule has 2 nitrogen and oxygen atoms in total. The zero-order valence-electron chi connectivity index (χ0n) is 15.9. The van der Waals surface area contributed by atoms with E-state index in [0.717, 1.165) is 37.0 Å². The Morgan fingerprint density at radius 1 is 1.04 bits per heavy atom. The van der Waals surface area contributed by atoms with E-state index >= 15 is 0 Å². The molecule has 4 saturated carbocycles. The van der Waals surface area contributed by atoms with Crippen LogP contribution in [-0.4, -0.2) is 17.5 Å². The first-order chi connectivity index (χ1) is 11.4. The minimum absolute atomic E-state index is 0.350. The fourth-order valence-electron chi connectivity index (χ4n) is 8.15. The molecule has 0 aromatic heterocycles. The second-order valence-corrected chi connectivity index (χ2v) is 10.3. The molecule has 0 aromatic rings. The number of Topliss-reactive ketones (excluding diaryl/α,β-unsaturated/α-hetero) is 1. The molecule has 0 radical (unpaired) electrons. The summed E-state index contributed by atoms with van der Waals surface area (Å²) in [6.45, 7) is 7.70. The van der Waals surface area contributed by atoms with Crippen molar-refractivity contribution < 1.29 is 9.90 Å². The number of aliphatic hydroxyl groups is 1. The van der Waals surface area contributed by atoms with E-state index < -0.39 is 0 Å². The van der Waals surface area contributed by atoms with Gasteiger partial charge < -0.3 is 5.11 Å². The van der Waals surface area contributed by atoms with Crippen LogP contribution in [0.5, 0.6) is 0 Å². The van der Waals surface area contributed by atoms with Crippen LogP contribution in [0.3, 0.4) is 0 Å². The summed E-state index contributed by atoms with van der Waals surface area (Å²) in [5.41, 5.74) is 0.885. The molecule has 2 unspecified atom stereocenters. The largest absolute Gasteiger partial charge is 0.396 e. The van der Waals surface area contributed by atoms with Gasteiger partial charge in [0.1, 0.15) is 5.78 Å². The number of carbonyl (C=O) groups excluding carboxylic acids is 1. The summed E-state index contributed by atoms with van der Waals surface area (Å²) in [6, 6.07) is 0. The highest BCUT2D eigenvalue weighted by atomic mass is 16.3. The Kier molecular flexibility index (Phi) is 4.14. The predicted molar refractivity (Wildman–Crippen MR) is 96.5 cm³/mol. The molecule has 8 atom stereocenters. The van der Waals surface area contributed by atoms with Crippen molar-refractivity contribution in [2.24, 2.45) is 46.3 Å². The van der Waals surface area contributed by atoms with Gasteiger partial charge in [-0.1, -0.05) is 20.8 Å². The molecule has 0 bridgehead atoms. The third kappa shape index (κ3) is 2.27. The highest BCUT2D eigenvalue weighted by Crippen LogP contribution is 2.67. The van der Waals surface area contributed by atoms with E-state index in [1.54, 1.807) is 0 Å². The lowest BCUT2D eigenvalue weighted by Gasteiger charge is -2.60. The van der Waals surface area contributed by atoms with E-state index in [9.17, 15) is 9.90 Å². The van der Waals surface area contributed by atoms with E-state index in [4.69, 9.17) is 0 Å². The zero-order chi connectivity index (χ0) is 17.1. The second-order valence-electron chi connectivity index (χ2n) is 10.3. The topological polar surface area (TPSA) is 37.3 Å². The van der Waals surface area contributed by atoms with Crippen LogP contribution < -0.4 is 0 Å². The molecular formula is C22H36O2. The molecule has 24 heavy (non-hydrogen) atoms. The highest BCUT2D eigenvalue weighted by molar-refractivity contribution is 5.79. The van der Waals surface area contributed by atoms with Crippen molar-refractivity contribution in [1.82, 2.24) is 0 Å². The van der Waals surface area contributed by atoms with Crippen molar-refractivity contribution in [3.05, 3.63) is 0 Å². The zero-order valence-corrected chi connectivity index (χ0v) is 15.9. The number of hydrogen-bond donors (Lipinski definition) is 1. The molecular weight excluding hydrogens is 296 g/mol. The normalized spacial score (nSPS) is 52.3. The highest BCUT2D eigenvalue weighted by Gasteiger charge is 2.60. The Balaban J connectivity index is 1.60. The number of ketones is 1. The molecule has 4 aliphatic rings. The van der Waals surface area contributed by atoms with Crippen molar-refractivity contribution in [2.75, 3.05) is 6.61 Å². The average molecular weight is 333 g/mol. The predicted octanol–water partition coefficient (Wildman–Crippen LogP) is 4.84. The first-order valence-electron chi connectivity index (χ1n) is 10.5. The fraction of sp³-hybridized carbons (Fsp3) is 0.955. The van der Waals surface area contributed by atoms with Crippen LogP contribution in [0, 0.1) is 46.3 Å². The van der Waals surface area contributed by atoms with Crippen LogP contribution in [0.4, 0.5) is 0 Å². The Labute approximate surface area is 147 Å². The van der Waals surface area contributed by atoms with E-state index in [1.165, 1.54) is 38.5 Å². The lowest BCUT2D eigenvalue weighted by molar-refractivity contribution is -0.140. The average Bonchev–Trinajstić information content (AvgIpc) is 2.92. The fourth-order valence-corrected chi connectivity index (χ4v) is 8.15. The first-order valence-corrected chi connectivity index (χ1v) is 10.5. The summed E-state index contributed by atoms with van der Waals surface area (Å²) in [5, 5.41) is 9.72. The van der Waals surface area contributed by atoms with Gasteiger partial charge in [0.25, 0.3) is 0 Å². The molecule has 0 heterocycles. The van der Waals surface area contributed by atoms with Gasteiger partial charge in [-0.05, 0) is 91.3 Å². The maximum Gasteiger partial charge on any atom is 0.133 e. The van der Waals surface area contributed by atoms with Crippen molar-refractivity contribution in [3.8, 4) is 0 Å². The van der Waals surface area contributed by atoms with E-state index in [1.807, 2.05) is 0 Å². The Bertz CT molecular complexity index is 514. The summed E-state index contributed by atoms with van der Waals surface area (Å²) in [5.74, 6) is 4.96. The Morgan fingerprint density at radius 3 is 2.54 bits per heavy atom. The number of carbonyl (C=O) groups is 1. The summed E-state index contributed by atoms with van der Waals surface area (Å²) < 4.78 is 0. The van der Waals surface area contributed by atoms with Crippen LogP contribution in [0.25, 0.3) is 0 Å². The lowest BCUT2D eigenvalue weighted by Crippen LogP contribution is -2.53. The van der Waals surface area contributed by atoms with Crippen LogP contribution >= 0.6 is 0 Å². The standard InChI is InChI=1S/C22H36O2/c1-14(13-23)18-6-7-19-17-5-4-15-12-16(24)8-10-21(15,2)20(17)9-11-22(18,19)3/h14-15,17-20,23H,4-13H2,1-3H3/t14-,15-,17+,18-,19?,20?,21+,22-/m1/s1. The Hall–Kier alpha value is -0.370. The third-order valence-electron chi connectivity index (χ3n) is 9.53. The van der Waals surface area contributed by atoms with Crippen LogP contribution in [0.2, 0.25) is 0 Å². The number of hydrogen-bond acceptors (Lipinski definition) is 2. The van der Waals surface area contributed by atoms with E-state index in [0.29, 0.717) is 41.0 Å². The number of fused-ring (bicyclic) bond motifs is 5. The molecule has 4 aliphatic carbocycles. The molecule has 1 N–H and O–H groups in total. The molecule has 0 saturated heterocycles. The molecule has 0 amide bonds. The van der Waals surface area contributed by atoms with Crippen molar-refractivity contribution in [1.29, 1.82) is 0 Å². The van der Waals surface area contributed by atoms with Gasteiger partial charge in [0, 0.05) is 19.4 Å². The molecule has 4 fully saturated rings. The van der Waals surface area contributed by atoms with E-state index in [-0.39, 0.29) is 0 Å². The van der Waals surface area contributed by atoms with Gasteiger partial charge in [-0.3, -0.25) is 4.79 Å². The summed E-state index contributed by atoms with van der Waals surface area (Å²) in [6.07, 6.45) is 10.9. The maximum absolute atomic E-state index is 12.0. The summed E-state index contributed by atoms with van der Waals surface area (Å²) >= 11 is 0. The lowest BCUT2D eigenvalue weighted by atomic mass is 9.44. The summed E-state index contributed by atoms with van der Waals surface area (Å²) in [7, 11) is 0.